The van der Waals surface area contributed by atoms with Crippen LogP contribution in [-0.4, -0.2) is 56.7 Å². The van der Waals surface area contributed by atoms with Crippen molar-refractivity contribution >= 4 is 5.91 Å². The summed E-state index contributed by atoms with van der Waals surface area (Å²) >= 11 is 0. The minimum atomic E-state index is -0.485. The molecule has 1 fully saturated rings. The number of pyridine rings is 1. The van der Waals surface area contributed by atoms with Crippen molar-refractivity contribution in [3.63, 3.8) is 0 Å². The SMILES string of the molecule is O=C(c1cncc(F)c1)N1CCCN(Cc2ccccc2Cn2cccn2)CC1. The Balaban J connectivity index is 1.40. The number of aromatic nitrogens is 3. The maximum Gasteiger partial charge on any atom is 0.255 e. The molecule has 0 radical (unpaired) electrons. The van der Waals surface area contributed by atoms with Crippen LogP contribution in [0.1, 0.15) is 27.9 Å². The number of amides is 1. The first-order valence-electron chi connectivity index (χ1n) is 9.85. The predicted molar refractivity (Wildman–Crippen MR) is 108 cm³/mol. The molecule has 1 amide bonds. The Hall–Kier alpha value is -3.06. The molecule has 0 spiro atoms. The van der Waals surface area contributed by atoms with Gasteiger partial charge in [-0.1, -0.05) is 24.3 Å². The molecule has 7 heteroatoms. The van der Waals surface area contributed by atoms with Crippen molar-refractivity contribution in [3.05, 3.63) is 83.7 Å². The van der Waals surface area contributed by atoms with Crippen LogP contribution < -0.4 is 0 Å². The fraction of sp³-hybridized carbons (Fsp3) is 0.318. The smallest absolute Gasteiger partial charge is 0.255 e. The lowest BCUT2D eigenvalue weighted by atomic mass is 10.1. The van der Waals surface area contributed by atoms with Crippen molar-refractivity contribution < 1.29 is 9.18 Å². The highest BCUT2D eigenvalue weighted by atomic mass is 19.1. The van der Waals surface area contributed by atoms with Crippen molar-refractivity contribution in [1.82, 2.24) is 24.6 Å². The summed E-state index contributed by atoms with van der Waals surface area (Å²) in [4.78, 5) is 20.7. The molecule has 0 unspecified atom stereocenters. The van der Waals surface area contributed by atoms with Crippen LogP contribution in [0.2, 0.25) is 0 Å². The lowest BCUT2D eigenvalue weighted by molar-refractivity contribution is 0.0760. The van der Waals surface area contributed by atoms with Crippen molar-refractivity contribution in [2.75, 3.05) is 26.2 Å². The first-order chi connectivity index (χ1) is 14.2. The molecular formula is C22H24FN5O. The van der Waals surface area contributed by atoms with E-state index in [2.05, 4.69) is 39.2 Å². The normalized spacial score (nSPS) is 15.3. The highest BCUT2D eigenvalue weighted by molar-refractivity contribution is 5.93. The van der Waals surface area contributed by atoms with E-state index in [9.17, 15) is 9.18 Å². The van der Waals surface area contributed by atoms with Crippen molar-refractivity contribution in [2.45, 2.75) is 19.5 Å². The Morgan fingerprint density at radius 2 is 1.83 bits per heavy atom. The van der Waals surface area contributed by atoms with E-state index >= 15 is 0 Å². The molecule has 0 atom stereocenters. The predicted octanol–water partition coefficient (Wildman–Crippen LogP) is 2.81. The number of hydrogen-bond donors (Lipinski definition) is 0. The van der Waals surface area contributed by atoms with Gasteiger partial charge in [-0.3, -0.25) is 19.4 Å². The fourth-order valence-corrected chi connectivity index (χ4v) is 3.72. The molecule has 1 aromatic carbocycles. The number of benzene rings is 1. The Kier molecular flexibility index (Phi) is 5.95. The molecule has 0 saturated carbocycles. The van der Waals surface area contributed by atoms with Crippen LogP contribution in [0.15, 0.2) is 61.2 Å². The number of hydrogen-bond acceptors (Lipinski definition) is 4. The summed E-state index contributed by atoms with van der Waals surface area (Å²) in [5.41, 5.74) is 2.83. The third-order valence-corrected chi connectivity index (χ3v) is 5.23. The quantitative estimate of drug-likeness (QED) is 0.669. The van der Waals surface area contributed by atoms with E-state index in [4.69, 9.17) is 0 Å². The Labute approximate surface area is 169 Å². The molecule has 150 valence electrons. The second kappa shape index (κ2) is 8.96. The zero-order chi connectivity index (χ0) is 20.1. The number of carbonyl (C=O) groups is 1. The van der Waals surface area contributed by atoms with E-state index in [0.717, 1.165) is 38.8 Å². The van der Waals surface area contributed by atoms with E-state index in [0.29, 0.717) is 18.7 Å². The van der Waals surface area contributed by atoms with Crippen LogP contribution in [-0.2, 0) is 13.1 Å². The molecule has 1 aliphatic heterocycles. The number of carbonyl (C=O) groups excluding carboxylic acids is 1. The first-order valence-corrected chi connectivity index (χ1v) is 9.85. The van der Waals surface area contributed by atoms with E-state index < -0.39 is 5.82 Å². The van der Waals surface area contributed by atoms with Gasteiger partial charge in [0.1, 0.15) is 5.82 Å². The maximum atomic E-state index is 13.4. The molecule has 0 aliphatic carbocycles. The summed E-state index contributed by atoms with van der Waals surface area (Å²) in [6.45, 7) is 4.57. The van der Waals surface area contributed by atoms with E-state index in [-0.39, 0.29) is 5.91 Å². The number of halogens is 1. The summed E-state index contributed by atoms with van der Waals surface area (Å²) in [5, 5.41) is 4.31. The Morgan fingerprint density at radius 1 is 1.00 bits per heavy atom. The van der Waals surface area contributed by atoms with Gasteiger partial charge in [-0.2, -0.15) is 5.10 Å². The number of nitrogens with zero attached hydrogens (tertiary/aromatic N) is 5. The molecule has 0 bridgehead atoms. The van der Waals surface area contributed by atoms with Gasteiger partial charge in [-0.15, -0.1) is 0 Å². The lowest BCUT2D eigenvalue weighted by Gasteiger charge is -2.23. The van der Waals surface area contributed by atoms with Crippen LogP contribution in [0.3, 0.4) is 0 Å². The molecular weight excluding hydrogens is 369 g/mol. The molecule has 3 aromatic rings. The summed E-state index contributed by atoms with van der Waals surface area (Å²) in [7, 11) is 0. The molecule has 4 rings (SSSR count). The molecule has 2 aromatic heterocycles. The summed E-state index contributed by atoms with van der Waals surface area (Å²) < 4.78 is 15.3. The fourth-order valence-electron chi connectivity index (χ4n) is 3.72. The third-order valence-electron chi connectivity index (χ3n) is 5.23. The Bertz CT molecular complexity index is 959. The van der Waals surface area contributed by atoms with E-state index in [1.54, 1.807) is 11.1 Å². The molecule has 1 aliphatic rings. The van der Waals surface area contributed by atoms with Crippen molar-refractivity contribution in [3.8, 4) is 0 Å². The molecule has 6 nitrogen and oxygen atoms in total. The number of rotatable bonds is 5. The van der Waals surface area contributed by atoms with Crippen LogP contribution in [0.25, 0.3) is 0 Å². The zero-order valence-electron chi connectivity index (χ0n) is 16.2. The summed E-state index contributed by atoms with van der Waals surface area (Å²) in [5.74, 6) is -0.640. The van der Waals surface area contributed by atoms with Crippen molar-refractivity contribution in [2.24, 2.45) is 0 Å². The van der Waals surface area contributed by atoms with Crippen LogP contribution in [0.4, 0.5) is 4.39 Å². The summed E-state index contributed by atoms with van der Waals surface area (Å²) in [6, 6.07) is 11.6. The van der Waals surface area contributed by atoms with Crippen molar-refractivity contribution in [1.29, 1.82) is 0 Å². The highest BCUT2D eigenvalue weighted by Crippen LogP contribution is 2.16. The largest absolute Gasteiger partial charge is 0.337 e. The maximum absolute atomic E-state index is 13.4. The standard InChI is InChI=1S/C22H24FN5O/c23-21-13-20(14-24-15-21)22(29)27-9-4-8-26(11-12-27)16-18-5-1-2-6-19(18)17-28-10-3-7-25-28/h1-3,5-7,10,13-15H,4,8-9,11-12,16-17H2. The van der Waals surface area contributed by atoms with Crippen LogP contribution in [0.5, 0.6) is 0 Å². The molecule has 3 heterocycles. The van der Waals surface area contributed by atoms with Gasteiger partial charge in [-0.25, -0.2) is 4.39 Å². The monoisotopic (exact) mass is 393 g/mol. The highest BCUT2D eigenvalue weighted by Gasteiger charge is 2.21. The molecule has 29 heavy (non-hydrogen) atoms. The Morgan fingerprint density at radius 3 is 2.59 bits per heavy atom. The van der Waals surface area contributed by atoms with Gasteiger partial charge in [0.05, 0.1) is 18.3 Å². The topological polar surface area (TPSA) is 54.3 Å². The third kappa shape index (κ3) is 4.86. The lowest BCUT2D eigenvalue weighted by Crippen LogP contribution is -2.35. The van der Waals surface area contributed by atoms with E-state index in [1.165, 1.54) is 23.4 Å². The average Bonchev–Trinajstić information content (AvgIpc) is 3.13. The minimum Gasteiger partial charge on any atom is -0.337 e. The van der Waals surface area contributed by atoms with Gasteiger partial charge >= 0.3 is 0 Å². The van der Waals surface area contributed by atoms with E-state index in [1.807, 2.05) is 16.9 Å². The van der Waals surface area contributed by atoms with Gasteiger partial charge in [0, 0.05) is 51.3 Å². The summed E-state index contributed by atoms with van der Waals surface area (Å²) in [6.07, 6.45) is 7.18. The zero-order valence-corrected chi connectivity index (χ0v) is 16.2. The van der Waals surface area contributed by atoms with Gasteiger partial charge in [0.15, 0.2) is 0 Å². The van der Waals surface area contributed by atoms with Gasteiger partial charge < -0.3 is 4.90 Å². The molecule has 1 saturated heterocycles. The second-order valence-corrected chi connectivity index (χ2v) is 7.29. The van der Waals surface area contributed by atoms with Gasteiger partial charge in [0.2, 0.25) is 0 Å². The molecule has 0 N–H and O–H groups in total. The second-order valence-electron chi connectivity index (χ2n) is 7.29. The van der Waals surface area contributed by atoms with Crippen LogP contribution >= 0.6 is 0 Å². The van der Waals surface area contributed by atoms with Gasteiger partial charge in [0.25, 0.3) is 5.91 Å². The van der Waals surface area contributed by atoms with Crippen LogP contribution in [0, 0.1) is 5.82 Å². The first kappa shape index (κ1) is 19.3. The average molecular weight is 393 g/mol. The van der Waals surface area contributed by atoms with Gasteiger partial charge in [-0.05, 0) is 29.7 Å². The minimum absolute atomic E-state index is 0.155.